The molecule has 58 heavy (non-hydrogen) atoms. The largest absolute Gasteiger partial charge is 0.453 e. The third-order valence-corrected chi connectivity index (χ3v) is 14.2. The molecule has 2 aliphatic heterocycles. The predicted molar refractivity (Wildman–Crippen MR) is 219 cm³/mol. The number of piperidine rings is 1. The first-order chi connectivity index (χ1) is 27.9. The van der Waals surface area contributed by atoms with Crippen LogP contribution in [0.25, 0.3) is 0 Å². The van der Waals surface area contributed by atoms with Crippen LogP contribution in [-0.4, -0.2) is 86.4 Å². The molecule has 2 N–H and O–H groups in total. The number of nitrogens with one attached hydrogen (secondary N) is 2. The summed E-state index contributed by atoms with van der Waals surface area (Å²) >= 11 is 0. The Morgan fingerprint density at radius 1 is 1.02 bits per heavy atom. The molecule has 1 aromatic heterocycles. The van der Waals surface area contributed by atoms with Gasteiger partial charge in [0.1, 0.15) is 11.6 Å². The molecule has 308 valence electrons. The van der Waals surface area contributed by atoms with E-state index in [2.05, 4.69) is 38.6 Å². The van der Waals surface area contributed by atoms with Crippen molar-refractivity contribution in [2.45, 2.75) is 78.9 Å². The second-order valence-electron chi connectivity index (χ2n) is 15.9. The molecule has 4 aromatic rings. The maximum Gasteiger partial charge on any atom is 0.407 e. The standard InChI is InChI=1S/C44H52F2N6O5S/c1-4-40-47-21-24-51(40)30-44(32-9-6-10-33(45)25-32,38-13-8-14-39(38)49-42(54)57-3)31-19-22-50(23-20-31)27-43(46)28-52(29-43)35-15-17-36(18-16-35)58(55,56)37-12-7-11-34(26-37)48-41(53)5-2/h5-7,9-12,15-18,21,24-26,31,38-39H,2,4,8,13-14,19-20,22-23,27-30H2,1,3H3,(H,48,53)(H,49,54)/t38-,39-,44?/m0/s1. The van der Waals surface area contributed by atoms with Crippen LogP contribution in [0.3, 0.4) is 0 Å². The molecule has 3 fully saturated rings. The lowest BCUT2D eigenvalue weighted by atomic mass is 9.58. The first-order valence-electron chi connectivity index (χ1n) is 20.0. The number of sulfone groups is 1. The molecular weight excluding hydrogens is 763 g/mol. The van der Waals surface area contributed by atoms with Crippen molar-refractivity contribution in [3.05, 3.63) is 115 Å². The number of carbonyl (C=O) groups is 2. The van der Waals surface area contributed by atoms with Crippen molar-refractivity contribution in [1.82, 2.24) is 19.8 Å². The molecule has 1 saturated carbocycles. The summed E-state index contributed by atoms with van der Waals surface area (Å²) in [6.07, 6.45) is 9.30. The van der Waals surface area contributed by atoms with E-state index in [0.29, 0.717) is 25.3 Å². The van der Waals surface area contributed by atoms with Crippen LogP contribution in [0.15, 0.2) is 108 Å². The Morgan fingerprint density at radius 2 is 1.76 bits per heavy atom. The Hall–Kier alpha value is -5.08. The summed E-state index contributed by atoms with van der Waals surface area (Å²) in [5.41, 5.74) is -0.0119. The van der Waals surface area contributed by atoms with E-state index in [4.69, 9.17) is 4.74 Å². The highest BCUT2D eigenvalue weighted by molar-refractivity contribution is 7.91. The summed E-state index contributed by atoms with van der Waals surface area (Å²) in [4.78, 5) is 33.2. The number of hydrogen-bond acceptors (Lipinski definition) is 8. The van der Waals surface area contributed by atoms with E-state index in [1.54, 1.807) is 36.4 Å². The molecule has 2 amide bonds. The van der Waals surface area contributed by atoms with Gasteiger partial charge in [-0.15, -0.1) is 0 Å². The SMILES string of the molecule is C=CC(=O)Nc1cccc(S(=O)(=O)c2ccc(N3CC(F)(CN4CCC(C(Cn5ccnc5CC)(c5cccc(F)c5)[C@H]5CCC[C@@H]5NC(=O)OC)CC4)C3)cc2)c1. The molecule has 1 aliphatic carbocycles. The van der Waals surface area contributed by atoms with E-state index in [1.807, 2.05) is 23.4 Å². The number of carbonyl (C=O) groups excluding carboxylic acids is 2. The van der Waals surface area contributed by atoms with Gasteiger partial charge < -0.3 is 24.8 Å². The van der Waals surface area contributed by atoms with Crippen LogP contribution in [0.1, 0.15) is 50.4 Å². The van der Waals surface area contributed by atoms with Crippen LogP contribution in [0, 0.1) is 17.7 Å². The Labute approximate surface area is 339 Å². The van der Waals surface area contributed by atoms with Crippen LogP contribution in [0.5, 0.6) is 0 Å². The number of anilines is 2. The lowest BCUT2D eigenvalue weighted by Crippen LogP contribution is -2.64. The fraction of sp³-hybridized carbons (Fsp3) is 0.432. The predicted octanol–water partition coefficient (Wildman–Crippen LogP) is 6.95. The average molecular weight is 815 g/mol. The molecule has 0 spiro atoms. The first kappa shape index (κ1) is 41.1. The van der Waals surface area contributed by atoms with E-state index in [9.17, 15) is 18.0 Å². The molecule has 3 heterocycles. The monoisotopic (exact) mass is 814 g/mol. The smallest absolute Gasteiger partial charge is 0.407 e. The number of likely N-dealkylation sites (tertiary alicyclic amines) is 1. The summed E-state index contributed by atoms with van der Waals surface area (Å²) in [6, 6.07) is 19.2. The lowest BCUT2D eigenvalue weighted by molar-refractivity contribution is -0.111. The van der Waals surface area contributed by atoms with Crippen LogP contribution in [-0.2, 0) is 37.7 Å². The van der Waals surface area contributed by atoms with E-state index in [1.165, 1.54) is 37.4 Å². The molecule has 14 heteroatoms. The van der Waals surface area contributed by atoms with Gasteiger partial charge in [-0.2, -0.15) is 0 Å². The van der Waals surface area contributed by atoms with Gasteiger partial charge in [0.05, 0.1) is 30.0 Å². The number of aryl methyl sites for hydroxylation is 1. The second kappa shape index (κ2) is 17.0. The quantitative estimate of drug-likeness (QED) is 0.131. The second-order valence-corrected chi connectivity index (χ2v) is 17.9. The normalized spacial score (nSPS) is 20.8. The van der Waals surface area contributed by atoms with Crippen molar-refractivity contribution in [2.75, 3.05) is 50.1 Å². The summed E-state index contributed by atoms with van der Waals surface area (Å²) < 4.78 is 65.6. The number of rotatable bonds is 14. The Morgan fingerprint density at radius 3 is 2.45 bits per heavy atom. The van der Waals surface area contributed by atoms with Crippen LogP contribution in [0.2, 0.25) is 0 Å². The lowest BCUT2D eigenvalue weighted by Gasteiger charge is -2.52. The van der Waals surface area contributed by atoms with E-state index >= 15 is 8.78 Å². The number of amides is 2. The number of aromatic nitrogens is 2. The molecule has 3 atom stereocenters. The van der Waals surface area contributed by atoms with E-state index < -0.39 is 32.9 Å². The molecule has 1 unspecified atom stereocenters. The minimum atomic E-state index is -3.87. The minimum absolute atomic E-state index is 0.00123. The minimum Gasteiger partial charge on any atom is -0.453 e. The van der Waals surface area contributed by atoms with Gasteiger partial charge in [-0.3, -0.25) is 9.69 Å². The highest BCUT2D eigenvalue weighted by Crippen LogP contribution is 2.52. The number of methoxy groups -OCH3 is 1. The van der Waals surface area contributed by atoms with Crippen molar-refractivity contribution in [3.63, 3.8) is 0 Å². The van der Waals surface area contributed by atoms with Gasteiger partial charge in [0.25, 0.3) is 0 Å². The summed E-state index contributed by atoms with van der Waals surface area (Å²) in [5, 5.41) is 5.71. The van der Waals surface area contributed by atoms with Crippen molar-refractivity contribution in [3.8, 4) is 0 Å². The molecule has 7 rings (SSSR count). The van der Waals surface area contributed by atoms with Gasteiger partial charge in [-0.05, 0) is 117 Å². The molecule has 3 aromatic carbocycles. The van der Waals surface area contributed by atoms with Crippen LogP contribution < -0.4 is 15.5 Å². The molecule has 11 nitrogen and oxygen atoms in total. The topological polar surface area (TPSA) is 126 Å². The summed E-state index contributed by atoms with van der Waals surface area (Å²) in [7, 11) is -2.50. The Bertz CT molecular complexity index is 2220. The van der Waals surface area contributed by atoms with Gasteiger partial charge in [0.15, 0.2) is 5.67 Å². The summed E-state index contributed by atoms with van der Waals surface area (Å²) in [5.74, 6) is 0.309. The zero-order chi connectivity index (χ0) is 41.1. The number of halogens is 2. The van der Waals surface area contributed by atoms with E-state index in [-0.39, 0.29) is 53.1 Å². The molecule has 3 aliphatic rings. The van der Waals surface area contributed by atoms with Gasteiger partial charge in [-0.1, -0.05) is 38.1 Å². The summed E-state index contributed by atoms with van der Waals surface area (Å²) in [6.45, 7) is 8.05. The Kier molecular flexibility index (Phi) is 12.1. The zero-order valence-electron chi connectivity index (χ0n) is 33.1. The molecule has 2 saturated heterocycles. The van der Waals surface area contributed by atoms with Crippen molar-refractivity contribution >= 4 is 33.2 Å². The number of benzene rings is 3. The van der Waals surface area contributed by atoms with Crippen LogP contribution in [0.4, 0.5) is 25.0 Å². The van der Waals surface area contributed by atoms with E-state index in [0.717, 1.165) is 61.7 Å². The van der Waals surface area contributed by atoms with Gasteiger partial charge in [-0.25, -0.2) is 27.0 Å². The number of ether oxygens (including phenoxy) is 1. The number of alkyl carbamates (subject to hydrolysis) is 1. The van der Waals surface area contributed by atoms with Gasteiger partial charge in [0.2, 0.25) is 15.7 Å². The van der Waals surface area contributed by atoms with Gasteiger partial charge >= 0.3 is 6.09 Å². The number of imidazole rings is 1. The third kappa shape index (κ3) is 8.40. The maximum atomic E-state index is 16.4. The molecule has 0 radical (unpaired) electrons. The zero-order valence-corrected chi connectivity index (χ0v) is 33.9. The molecule has 0 bridgehead atoms. The van der Waals surface area contributed by atoms with Gasteiger partial charge in [0, 0.05) is 54.7 Å². The maximum absolute atomic E-state index is 16.4. The highest BCUT2D eigenvalue weighted by Gasteiger charge is 2.53. The van der Waals surface area contributed by atoms with Crippen molar-refractivity contribution < 1.29 is 31.5 Å². The molecular formula is C44H52F2N6O5S. The number of hydrogen-bond donors (Lipinski definition) is 2. The van der Waals surface area contributed by atoms with Crippen molar-refractivity contribution in [2.24, 2.45) is 11.8 Å². The number of nitrogens with zero attached hydrogens (tertiary/aromatic N) is 4. The highest BCUT2D eigenvalue weighted by atomic mass is 32.2. The fourth-order valence-corrected chi connectivity index (χ4v) is 11.0. The number of alkyl halides is 1. The average Bonchev–Trinajstić information content (AvgIpc) is 3.88. The Balaban J connectivity index is 1.05. The fourth-order valence-electron chi connectivity index (χ4n) is 9.74. The van der Waals surface area contributed by atoms with Crippen LogP contribution >= 0.6 is 0 Å². The van der Waals surface area contributed by atoms with Crippen molar-refractivity contribution in [1.29, 1.82) is 0 Å². The first-order valence-corrected chi connectivity index (χ1v) is 21.5. The third-order valence-electron chi connectivity index (χ3n) is 12.5.